The highest BCUT2D eigenvalue weighted by Crippen LogP contribution is 2.09. The Labute approximate surface area is 68.4 Å². The van der Waals surface area contributed by atoms with Crippen molar-refractivity contribution in [3.05, 3.63) is 10.8 Å². The van der Waals surface area contributed by atoms with E-state index < -0.39 is 0 Å². The Balaban J connectivity index is 3.38. The van der Waals surface area contributed by atoms with Gasteiger partial charge in [-0.15, -0.1) is 0 Å². The van der Waals surface area contributed by atoms with Crippen molar-refractivity contribution in [2.24, 2.45) is 0 Å². The molecule has 0 saturated carbocycles. The molecule has 0 atom stereocenters. The van der Waals surface area contributed by atoms with E-state index in [9.17, 15) is 9.59 Å². The molecule has 0 spiro atoms. The predicted molar refractivity (Wildman–Crippen MR) is 45.7 cm³/mol. The van der Waals surface area contributed by atoms with Gasteiger partial charge in [0.2, 0.25) is 0 Å². The van der Waals surface area contributed by atoms with Crippen LogP contribution in [0.5, 0.6) is 0 Å². The van der Waals surface area contributed by atoms with E-state index in [0.717, 1.165) is 23.5 Å². The van der Waals surface area contributed by atoms with Gasteiger partial charge in [0.15, 0.2) is 10.2 Å². The second kappa shape index (κ2) is 5.56. The number of carbonyl (C=O) groups excluding carboxylic acids is 2. The number of carbonyl (C=O) groups is 2. The molecule has 0 heterocycles. The zero-order valence-corrected chi connectivity index (χ0v) is 7.42. The molecule has 0 saturated heterocycles. The average Bonchev–Trinajstić information content (AvgIpc) is 1.79. The van der Waals surface area contributed by atoms with Crippen molar-refractivity contribution in [2.45, 2.75) is 13.8 Å². The van der Waals surface area contributed by atoms with E-state index in [0.29, 0.717) is 0 Å². The summed E-state index contributed by atoms with van der Waals surface area (Å²) in [5.74, 6) is 0. The first kappa shape index (κ1) is 9.78. The molecule has 0 aliphatic heterocycles. The molecular weight excluding hydrogens is 168 g/mol. The van der Waals surface area contributed by atoms with E-state index >= 15 is 0 Å². The molecule has 0 amide bonds. The Hall–Kier alpha value is -0.220. The van der Waals surface area contributed by atoms with E-state index in [2.05, 4.69) is 0 Å². The third-order valence-electron chi connectivity index (χ3n) is 0.524. The van der Waals surface area contributed by atoms with Crippen LogP contribution in [0.25, 0.3) is 0 Å². The lowest BCUT2D eigenvalue weighted by Crippen LogP contribution is -1.75. The minimum absolute atomic E-state index is 0.0282. The molecule has 4 heteroatoms. The Morgan fingerprint density at radius 1 is 1.00 bits per heavy atom. The molecule has 0 fully saturated rings. The molecule has 0 aliphatic carbocycles. The average molecular weight is 176 g/mol. The first-order chi connectivity index (χ1) is 4.63. The second-order valence-electron chi connectivity index (χ2n) is 1.49. The lowest BCUT2D eigenvalue weighted by Gasteiger charge is -1.83. The molecule has 56 valence electrons. The molecule has 0 aromatic heterocycles. The van der Waals surface area contributed by atoms with Crippen molar-refractivity contribution in [1.82, 2.24) is 0 Å². The molecule has 0 unspecified atom stereocenters. The van der Waals surface area contributed by atoms with Gasteiger partial charge in [-0.25, -0.2) is 0 Å². The highest BCUT2D eigenvalue weighted by Gasteiger charge is 1.88. The van der Waals surface area contributed by atoms with Gasteiger partial charge in [-0.05, 0) is 10.8 Å². The minimum Gasteiger partial charge on any atom is -0.287 e. The van der Waals surface area contributed by atoms with Gasteiger partial charge in [0, 0.05) is 13.8 Å². The lowest BCUT2D eigenvalue weighted by atomic mass is 10.9. The van der Waals surface area contributed by atoms with Crippen molar-refractivity contribution >= 4 is 33.8 Å². The fraction of sp³-hybridized carbons (Fsp3) is 0.333. The van der Waals surface area contributed by atoms with E-state index in [4.69, 9.17) is 0 Å². The van der Waals surface area contributed by atoms with Gasteiger partial charge in [-0.3, -0.25) is 9.59 Å². The molecule has 0 radical (unpaired) electrons. The van der Waals surface area contributed by atoms with Gasteiger partial charge in [0.25, 0.3) is 0 Å². The van der Waals surface area contributed by atoms with Crippen LogP contribution in [0.3, 0.4) is 0 Å². The van der Waals surface area contributed by atoms with Gasteiger partial charge < -0.3 is 0 Å². The molecule has 0 bridgehead atoms. The summed E-state index contributed by atoms with van der Waals surface area (Å²) < 4.78 is 0. The molecule has 0 aromatic carbocycles. The molecule has 0 rings (SSSR count). The van der Waals surface area contributed by atoms with Crippen molar-refractivity contribution in [3.8, 4) is 0 Å². The lowest BCUT2D eigenvalue weighted by molar-refractivity contribution is -0.109. The summed E-state index contributed by atoms with van der Waals surface area (Å²) in [6.07, 6.45) is 0. The van der Waals surface area contributed by atoms with Crippen LogP contribution in [0.15, 0.2) is 10.8 Å². The maximum atomic E-state index is 10.3. The third kappa shape index (κ3) is 7.78. The topological polar surface area (TPSA) is 34.1 Å². The van der Waals surface area contributed by atoms with Crippen molar-refractivity contribution < 1.29 is 9.59 Å². The monoisotopic (exact) mass is 176 g/mol. The summed E-state index contributed by atoms with van der Waals surface area (Å²) >= 11 is 2.16. The summed E-state index contributed by atoms with van der Waals surface area (Å²) in [5.41, 5.74) is 0. The highest BCUT2D eigenvalue weighted by molar-refractivity contribution is 8.19. The van der Waals surface area contributed by atoms with Crippen LogP contribution < -0.4 is 0 Å². The number of rotatable bonds is 2. The largest absolute Gasteiger partial charge is 0.287 e. The van der Waals surface area contributed by atoms with Gasteiger partial charge in [0.1, 0.15) is 0 Å². The zero-order chi connectivity index (χ0) is 7.98. The summed E-state index contributed by atoms with van der Waals surface area (Å²) in [6, 6.07) is 0. The van der Waals surface area contributed by atoms with Crippen LogP contribution in [0, 0.1) is 0 Å². The maximum Gasteiger partial charge on any atom is 0.190 e. The first-order valence-electron chi connectivity index (χ1n) is 2.62. The van der Waals surface area contributed by atoms with Crippen molar-refractivity contribution in [1.29, 1.82) is 0 Å². The normalized spacial score (nSPS) is 10.2. The van der Waals surface area contributed by atoms with Crippen LogP contribution >= 0.6 is 23.5 Å². The first-order valence-corrected chi connectivity index (χ1v) is 4.38. The Morgan fingerprint density at radius 3 is 1.50 bits per heavy atom. The fourth-order valence-corrected chi connectivity index (χ4v) is 1.07. The Bertz CT molecular complexity index is 145. The van der Waals surface area contributed by atoms with E-state index in [1.807, 2.05) is 0 Å². The van der Waals surface area contributed by atoms with Gasteiger partial charge in [-0.1, -0.05) is 23.5 Å². The highest BCUT2D eigenvalue weighted by atomic mass is 32.2. The molecule has 0 N–H and O–H groups in total. The Kier molecular flexibility index (Phi) is 5.43. The van der Waals surface area contributed by atoms with Crippen LogP contribution in [0.2, 0.25) is 0 Å². The molecule has 2 nitrogen and oxygen atoms in total. The zero-order valence-electron chi connectivity index (χ0n) is 5.79. The summed E-state index contributed by atoms with van der Waals surface area (Å²) in [6.45, 7) is 2.96. The predicted octanol–water partition coefficient (Wildman–Crippen LogP) is 2.02. The van der Waals surface area contributed by atoms with Crippen LogP contribution in [0.1, 0.15) is 13.8 Å². The quantitative estimate of drug-likeness (QED) is 0.644. The van der Waals surface area contributed by atoms with Crippen LogP contribution in [0.4, 0.5) is 0 Å². The molecule has 0 aliphatic rings. The van der Waals surface area contributed by atoms with Gasteiger partial charge >= 0.3 is 0 Å². The maximum absolute atomic E-state index is 10.3. The molecule has 0 aromatic rings. The third-order valence-corrected chi connectivity index (χ3v) is 1.90. The van der Waals surface area contributed by atoms with Crippen molar-refractivity contribution in [3.63, 3.8) is 0 Å². The van der Waals surface area contributed by atoms with Gasteiger partial charge in [0.05, 0.1) is 0 Å². The summed E-state index contributed by atoms with van der Waals surface area (Å²) in [7, 11) is 0. The SMILES string of the molecule is CC(=O)SC=CSC(C)=O. The van der Waals surface area contributed by atoms with Crippen molar-refractivity contribution in [2.75, 3.05) is 0 Å². The van der Waals surface area contributed by atoms with Crippen LogP contribution in [-0.2, 0) is 9.59 Å². The fourth-order valence-electron chi connectivity index (χ4n) is 0.247. The van der Waals surface area contributed by atoms with Crippen LogP contribution in [-0.4, -0.2) is 10.2 Å². The smallest absolute Gasteiger partial charge is 0.190 e. The number of hydrogen-bond acceptors (Lipinski definition) is 4. The number of hydrogen-bond donors (Lipinski definition) is 0. The number of thioether (sulfide) groups is 2. The van der Waals surface area contributed by atoms with E-state index in [1.165, 1.54) is 13.8 Å². The molecule has 10 heavy (non-hydrogen) atoms. The van der Waals surface area contributed by atoms with Gasteiger partial charge in [-0.2, -0.15) is 0 Å². The standard InChI is InChI=1S/C6H8O2S2/c1-5(7)9-3-4-10-6(2)8/h3-4H,1-2H3. The van der Waals surface area contributed by atoms with E-state index in [-0.39, 0.29) is 10.2 Å². The minimum atomic E-state index is 0.0282. The second-order valence-corrected chi connectivity index (χ2v) is 3.66. The van der Waals surface area contributed by atoms with E-state index in [1.54, 1.807) is 10.8 Å². The Morgan fingerprint density at radius 2 is 1.30 bits per heavy atom. The summed E-state index contributed by atoms with van der Waals surface area (Å²) in [5, 5.41) is 3.27. The summed E-state index contributed by atoms with van der Waals surface area (Å²) in [4.78, 5) is 20.6. The molecular formula is C6H8O2S2.